The Labute approximate surface area is 162 Å². The predicted octanol–water partition coefficient (Wildman–Crippen LogP) is -1.70. The number of aliphatic carboxylic acids is 2. The summed E-state index contributed by atoms with van der Waals surface area (Å²) < 4.78 is 0. The summed E-state index contributed by atoms with van der Waals surface area (Å²) in [6.45, 7) is 1.21. The number of carbonyl (C=O) groups is 4. The SMILES string of the molecule is NC(=O)O.NC(=O)O.NCCCC[C@H](N)C(=O)O.NCCCC[C@H](N)C(=O)O. The molecule has 0 aliphatic heterocycles. The lowest BCUT2D eigenvalue weighted by molar-refractivity contribution is -0.139. The van der Waals surface area contributed by atoms with Crippen molar-refractivity contribution in [3.63, 3.8) is 0 Å². The first-order valence-electron chi connectivity index (χ1n) is 8.17. The molecular formula is C14H34N6O8. The lowest BCUT2D eigenvalue weighted by Crippen LogP contribution is -2.29. The zero-order chi connectivity index (χ0) is 23.1. The summed E-state index contributed by atoms with van der Waals surface area (Å²) >= 11 is 0. The van der Waals surface area contributed by atoms with Gasteiger partial charge in [0.2, 0.25) is 0 Å². The molecule has 0 heterocycles. The molecule has 0 bridgehead atoms. The predicted molar refractivity (Wildman–Crippen MR) is 101 cm³/mol. The number of nitrogens with two attached hydrogens (primary N) is 6. The fourth-order valence-electron chi connectivity index (χ4n) is 1.26. The fraction of sp³-hybridized carbons (Fsp3) is 0.714. The molecule has 0 aromatic rings. The summed E-state index contributed by atoms with van der Waals surface area (Å²) in [6, 6.07) is -1.43. The summed E-state index contributed by atoms with van der Waals surface area (Å²) in [5, 5.41) is 31.0. The monoisotopic (exact) mass is 414 g/mol. The van der Waals surface area contributed by atoms with Crippen LogP contribution in [0.1, 0.15) is 38.5 Å². The van der Waals surface area contributed by atoms with Gasteiger partial charge >= 0.3 is 24.1 Å². The number of hydrogen-bond donors (Lipinski definition) is 10. The quantitative estimate of drug-likeness (QED) is 0.179. The molecule has 2 amide bonds. The van der Waals surface area contributed by atoms with Gasteiger partial charge in [0.25, 0.3) is 0 Å². The van der Waals surface area contributed by atoms with Crippen molar-refractivity contribution in [1.82, 2.24) is 0 Å². The molecule has 14 heteroatoms. The van der Waals surface area contributed by atoms with Gasteiger partial charge in [-0.15, -0.1) is 0 Å². The molecule has 0 rings (SSSR count). The number of unbranched alkanes of at least 4 members (excludes halogenated alkanes) is 2. The van der Waals surface area contributed by atoms with E-state index >= 15 is 0 Å². The van der Waals surface area contributed by atoms with E-state index in [2.05, 4.69) is 11.5 Å². The van der Waals surface area contributed by atoms with Gasteiger partial charge in [0, 0.05) is 0 Å². The third kappa shape index (κ3) is 49.5. The molecule has 2 atom stereocenters. The van der Waals surface area contributed by atoms with Gasteiger partial charge in [0.1, 0.15) is 12.1 Å². The maximum Gasteiger partial charge on any atom is 0.402 e. The highest BCUT2D eigenvalue weighted by atomic mass is 16.4. The summed E-state index contributed by atoms with van der Waals surface area (Å²) in [6.07, 6.45) is 1.66. The number of hydrogen-bond acceptors (Lipinski definition) is 8. The normalized spacial score (nSPS) is 11.0. The average molecular weight is 414 g/mol. The Bertz CT molecular complexity index is 379. The zero-order valence-electron chi connectivity index (χ0n) is 15.7. The number of amides is 2. The van der Waals surface area contributed by atoms with Crippen LogP contribution in [-0.4, -0.2) is 69.7 Å². The summed E-state index contributed by atoms with van der Waals surface area (Å²) in [4.78, 5) is 37.8. The Morgan fingerprint density at radius 1 is 0.607 bits per heavy atom. The Balaban J connectivity index is -0.000000150. The van der Waals surface area contributed by atoms with Crippen LogP contribution in [0.4, 0.5) is 9.59 Å². The number of carboxylic acid groups (broad SMARTS) is 4. The molecule has 14 nitrogen and oxygen atoms in total. The van der Waals surface area contributed by atoms with Crippen molar-refractivity contribution < 1.29 is 39.6 Å². The molecule has 168 valence electrons. The molecule has 0 fully saturated rings. The van der Waals surface area contributed by atoms with Gasteiger partial charge in [0.15, 0.2) is 0 Å². The molecule has 0 saturated carbocycles. The van der Waals surface area contributed by atoms with Gasteiger partial charge in [-0.1, -0.05) is 12.8 Å². The molecule has 0 radical (unpaired) electrons. The fourth-order valence-corrected chi connectivity index (χ4v) is 1.26. The Morgan fingerprint density at radius 3 is 0.964 bits per heavy atom. The van der Waals surface area contributed by atoms with Crippen LogP contribution in [0.25, 0.3) is 0 Å². The summed E-state index contributed by atoms with van der Waals surface area (Å²) in [5.74, 6) is -1.87. The molecule has 0 aromatic carbocycles. The minimum atomic E-state index is -1.33. The highest BCUT2D eigenvalue weighted by molar-refractivity contribution is 5.73. The standard InChI is InChI=1S/2C6H14N2O2.2CH3NO2/c2*7-4-2-1-3-5(8)6(9)10;2*2-1(3)4/h2*5H,1-4,7-8H2,(H,9,10);2*2H2,(H,3,4)/t2*5-;;/m00../s1. The zero-order valence-corrected chi connectivity index (χ0v) is 15.7. The van der Waals surface area contributed by atoms with Crippen molar-refractivity contribution in [2.75, 3.05) is 13.1 Å². The maximum atomic E-state index is 10.1. The van der Waals surface area contributed by atoms with Gasteiger partial charge in [-0.2, -0.15) is 0 Å². The van der Waals surface area contributed by atoms with E-state index in [-0.39, 0.29) is 0 Å². The van der Waals surface area contributed by atoms with E-state index in [1.165, 1.54) is 0 Å². The molecule has 0 aliphatic carbocycles. The lowest BCUT2D eigenvalue weighted by Gasteiger charge is -2.03. The Hall–Kier alpha value is -2.68. The third-order valence-corrected chi connectivity index (χ3v) is 2.57. The lowest BCUT2D eigenvalue weighted by atomic mass is 10.1. The second-order valence-electron chi connectivity index (χ2n) is 5.13. The van der Waals surface area contributed by atoms with Crippen LogP contribution < -0.4 is 34.4 Å². The first-order chi connectivity index (χ1) is 12.8. The molecule has 0 aromatic heterocycles. The van der Waals surface area contributed by atoms with Crippen molar-refractivity contribution in [1.29, 1.82) is 0 Å². The Morgan fingerprint density at radius 2 is 0.821 bits per heavy atom. The number of rotatable bonds is 10. The van der Waals surface area contributed by atoms with Crippen LogP contribution in [0.3, 0.4) is 0 Å². The van der Waals surface area contributed by atoms with Gasteiger partial charge in [0.05, 0.1) is 0 Å². The van der Waals surface area contributed by atoms with Crippen molar-refractivity contribution in [2.45, 2.75) is 50.6 Å². The minimum Gasteiger partial charge on any atom is -0.480 e. The van der Waals surface area contributed by atoms with Gasteiger partial charge in [-0.25, -0.2) is 9.59 Å². The van der Waals surface area contributed by atoms with E-state index in [1.54, 1.807) is 0 Å². The number of carboxylic acids is 2. The van der Waals surface area contributed by atoms with E-state index in [1.807, 2.05) is 0 Å². The molecule has 16 N–H and O–H groups in total. The van der Waals surface area contributed by atoms with Gasteiger partial charge < -0.3 is 54.8 Å². The van der Waals surface area contributed by atoms with Crippen LogP contribution >= 0.6 is 0 Å². The van der Waals surface area contributed by atoms with E-state index in [4.69, 9.17) is 52.9 Å². The van der Waals surface area contributed by atoms with Crippen molar-refractivity contribution >= 4 is 24.1 Å². The highest BCUT2D eigenvalue weighted by Gasteiger charge is 2.09. The highest BCUT2D eigenvalue weighted by Crippen LogP contribution is 1.97. The minimum absolute atomic E-state index is 0.520. The first-order valence-corrected chi connectivity index (χ1v) is 8.17. The molecular weight excluding hydrogens is 380 g/mol. The molecule has 0 spiro atoms. The summed E-state index contributed by atoms with van der Waals surface area (Å²) in [5.41, 5.74) is 28.9. The van der Waals surface area contributed by atoms with E-state index < -0.39 is 36.2 Å². The largest absolute Gasteiger partial charge is 0.480 e. The van der Waals surface area contributed by atoms with E-state index in [0.29, 0.717) is 25.9 Å². The second-order valence-corrected chi connectivity index (χ2v) is 5.13. The summed E-state index contributed by atoms with van der Waals surface area (Å²) in [7, 11) is 0. The molecule has 28 heavy (non-hydrogen) atoms. The topological polar surface area (TPSA) is 305 Å². The van der Waals surface area contributed by atoms with Gasteiger partial charge in [-0.05, 0) is 38.8 Å². The second kappa shape index (κ2) is 24.3. The van der Waals surface area contributed by atoms with Crippen LogP contribution in [0.15, 0.2) is 0 Å². The van der Waals surface area contributed by atoms with Crippen molar-refractivity contribution in [3.05, 3.63) is 0 Å². The van der Waals surface area contributed by atoms with E-state index in [9.17, 15) is 9.59 Å². The molecule has 0 saturated heterocycles. The van der Waals surface area contributed by atoms with Gasteiger partial charge in [-0.3, -0.25) is 9.59 Å². The Kier molecular flexibility index (Phi) is 28.6. The van der Waals surface area contributed by atoms with Crippen LogP contribution in [-0.2, 0) is 9.59 Å². The maximum absolute atomic E-state index is 10.1. The number of primary amides is 2. The smallest absolute Gasteiger partial charge is 0.402 e. The van der Waals surface area contributed by atoms with Crippen molar-refractivity contribution in [2.24, 2.45) is 34.4 Å². The molecule has 0 unspecified atom stereocenters. The first kappa shape index (κ1) is 32.9. The van der Waals surface area contributed by atoms with Crippen molar-refractivity contribution in [3.8, 4) is 0 Å². The van der Waals surface area contributed by atoms with Crippen LogP contribution in [0.2, 0.25) is 0 Å². The van der Waals surface area contributed by atoms with Crippen LogP contribution in [0, 0.1) is 0 Å². The third-order valence-electron chi connectivity index (χ3n) is 2.57. The molecule has 0 aliphatic rings. The average Bonchev–Trinajstić information content (AvgIpc) is 2.54. The van der Waals surface area contributed by atoms with Crippen LogP contribution in [0.5, 0.6) is 0 Å². The van der Waals surface area contributed by atoms with E-state index in [0.717, 1.165) is 25.7 Å².